The van der Waals surface area contributed by atoms with Crippen LogP contribution in [0.2, 0.25) is 0 Å². The van der Waals surface area contributed by atoms with E-state index in [9.17, 15) is 17.6 Å². The third-order valence-electron chi connectivity index (χ3n) is 3.00. The molecule has 0 fully saturated rings. The fraction of sp³-hybridized carbons (Fsp3) is 0.500. The Hall–Kier alpha value is -1.47. The summed E-state index contributed by atoms with van der Waals surface area (Å²) >= 11 is 0. The van der Waals surface area contributed by atoms with Crippen LogP contribution in [0.5, 0.6) is 0 Å². The monoisotopic (exact) mass is 317 g/mol. The summed E-state index contributed by atoms with van der Waals surface area (Å²) in [6.07, 6.45) is 1.46. The van der Waals surface area contributed by atoms with E-state index < -0.39 is 26.7 Å². The lowest BCUT2D eigenvalue weighted by atomic mass is 10.1. The van der Waals surface area contributed by atoms with Crippen LogP contribution in [0.4, 0.5) is 4.39 Å². The van der Waals surface area contributed by atoms with Crippen molar-refractivity contribution in [2.75, 3.05) is 0 Å². The molecule has 0 heterocycles. The Morgan fingerprint density at radius 1 is 1.29 bits per heavy atom. The maximum absolute atomic E-state index is 13.7. The van der Waals surface area contributed by atoms with Crippen molar-refractivity contribution < 1.29 is 22.7 Å². The van der Waals surface area contributed by atoms with Gasteiger partial charge in [-0.1, -0.05) is 13.8 Å². The molecule has 0 spiro atoms. The Bertz CT molecular complexity index is 613. The fourth-order valence-corrected chi connectivity index (χ4v) is 3.19. The second-order valence-electron chi connectivity index (χ2n) is 5.44. The van der Waals surface area contributed by atoms with Crippen molar-refractivity contribution in [3.63, 3.8) is 0 Å². The highest BCUT2D eigenvalue weighted by molar-refractivity contribution is 7.89. The van der Waals surface area contributed by atoms with Crippen LogP contribution in [0.3, 0.4) is 0 Å². The smallest absolute Gasteiger partial charge is 0.335 e. The lowest BCUT2D eigenvalue weighted by Gasteiger charge is -2.16. The van der Waals surface area contributed by atoms with Crippen LogP contribution < -0.4 is 4.72 Å². The van der Waals surface area contributed by atoms with Crippen molar-refractivity contribution in [3.05, 3.63) is 29.6 Å². The summed E-state index contributed by atoms with van der Waals surface area (Å²) in [6, 6.07) is 2.34. The maximum Gasteiger partial charge on any atom is 0.335 e. The first-order chi connectivity index (χ1) is 9.63. The number of sulfonamides is 1. The van der Waals surface area contributed by atoms with Gasteiger partial charge in [0.05, 0.1) is 5.56 Å². The van der Waals surface area contributed by atoms with Crippen LogP contribution >= 0.6 is 0 Å². The molecule has 0 aliphatic rings. The van der Waals surface area contributed by atoms with Gasteiger partial charge in [-0.05, 0) is 43.9 Å². The largest absolute Gasteiger partial charge is 0.478 e. The van der Waals surface area contributed by atoms with Gasteiger partial charge in [0.15, 0.2) is 0 Å². The second kappa shape index (κ2) is 7.00. The highest BCUT2D eigenvalue weighted by Gasteiger charge is 2.23. The molecule has 1 aromatic carbocycles. The minimum Gasteiger partial charge on any atom is -0.478 e. The van der Waals surface area contributed by atoms with E-state index in [1.54, 1.807) is 6.92 Å². The number of benzene rings is 1. The van der Waals surface area contributed by atoms with Crippen molar-refractivity contribution in [3.8, 4) is 0 Å². The number of nitrogens with one attached hydrogen (secondary N) is 1. The molecule has 0 aliphatic carbocycles. The Morgan fingerprint density at radius 3 is 2.43 bits per heavy atom. The molecule has 118 valence electrons. The summed E-state index contributed by atoms with van der Waals surface area (Å²) in [4.78, 5) is 10.2. The van der Waals surface area contributed by atoms with E-state index in [-0.39, 0.29) is 11.6 Å². The van der Waals surface area contributed by atoms with E-state index >= 15 is 0 Å². The van der Waals surface area contributed by atoms with Gasteiger partial charge in [-0.3, -0.25) is 0 Å². The third-order valence-corrected chi connectivity index (χ3v) is 4.61. The summed E-state index contributed by atoms with van der Waals surface area (Å²) in [5, 5.41) is 8.86. The zero-order valence-electron chi connectivity index (χ0n) is 12.3. The quantitative estimate of drug-likeness (QED) is 0.810. The SMILES string of the molecule is CC(C)CCC(C)NS(=O)(=O)c1cc(C(=O)O)ccc1F. The Morgan fingerprint density at radius 2 is 1.90 bits per heavy atom. The molecular weight excluding hydrogens is 297 g/mol. The summed E-state index contributed by atoms with van der Waals surface area (Å²) in [5.41, 5.74) is -0.272. The summed E-state index contributed by atoms with van der Waals surface area (Å²) in [5.74, 6) is -1.84. The van der Waals surface area contributed by atoms with Crippen LogP contribution in [0.1, 0.15) is 44.0 Å². The Kier molecular flexibility index (Phi) is 5.86. The van der Waals surface area contributed by atoms with E-state index in [0.29, 0.717) is 12.3 Å². The van der Waals surface area contributed by atoms with Gasteiger partial charge >= 0.3 is 5.97 Å². The topological polar surface area (TPSA) is 83.5 Å². The molecular formula is C14H20FNO4S. The van der Waals surface area contributed by atoms with Crippen molar-refractivity contribution in [2.24, 2.45) is 5.92 Å². The minimum absolute atomic E-state index is 0.272. The van der Waals surface area contributed by atoms with Gasteiger partial charge in [0.25, 0.3) is 0 Å². The summed E-state index contributed by atoms with van der Waals surface area (Å²) < 4.78 is 40.3. The Labute approximate surface area is 124 Å². The average Bonchev–Trinajstić information content (AvgIpc) is 2.35. The van der Waals surface area contributed by atoms with E-state index in [1.807, 2.05) is 13.8 Å². The van der Waals surface area contributed by atoms with Gasteiger partial charge in [-0.2, -0.15) is 0 Å². The molecule has 0 bridgehead atoms. The molecule has 0 aromatic heterocycles. The first kappa shape index (κ1) is 17.6. The first-order valence-electron chi connectivity index (χ1n) is 6.68. The first-order valence-corrected chi connectivity index (χ1v) is 8.17. The van der Waals surface area contributed by atoms with Gasteiger partial charge in [0.1, 0.15) is 10.7 Å². The lowest BCUT2D eigenvalue weighted by Crippen LogP contribution is -2.33. The average molecular weight is 317 g/mol. The molecule has 0 saturated heterocycles. The van der Waals surface area contributed by atoms with Crippen LogP contribution in [-0.2, 0) is 10.0 Å². The lowest BCUT2D eigenvalue weighted by molar-refractivity contribution is 0.0696. The molecule has 2 N–H and O–H groups in total. The van der Waals surface area contributed by atoms with Crippen molar-refractivity contribution in [1.29, 1.82) is 0 Å². The zero-order valence-corrected chi connectivity index (χ0v) is 13.1. The fourth-order valence-electron chi connectivity index (χ4n) is 1.81. The molecule has 1 aromatic rings. The maximum atomic E-state index is 13.7. The van der Waals surface area contributed by atoms with E-state index in [2.05, 4.69) is 4.72 Å². The van der Waals surface area contributed by atoms with E-state index in [1.165, 1.54) is 0 Å². The van der Waals surface area contributed by atoms with E-state index in [0.717, 1.165) is 24.6 Å². The molecule has 0 radical (unpaired) electrons. The van der Waals surface area contributed by atoms with E-state index in [4.69, 9.17) is 5.11 Å². The number of carboxylic acid groups (broad SMARTS) is 1. The van der Waals surface area contributed by atoms with Gasteiger partial charge in [0, 0.05) is 6.04 Å². The molecule has 0 saturated carbocycles. The number of rotatable bonds is 7. The van der Waals surface area contributed by atoms with Crippen molar-refractivity contribution in [1.82, 2.24) is 4.72 Å². The van der Waals surface area contributed by atoms with Crippen LogP contribution in [-0.4, -0.2) is 25.5 Å². The standard InChI is InChI=1S/C14H20FNO4S/c1-9(2)4-5-10(3)16-21(19,20)13-8-11(14(17)18)6-7-12(13)15/h6-10,16H,4-5H2,1-3H3,(H,17,18). The number of halogens is 1. The molecule has 21 heavy (non-hydrogen) atoms. The molecule has 0 amide bonds. The van der Waals surface area contributed by atoms with Gasteiger partial charge in [-0.25, -0.2) is 22.3 Å². The molecule has 5 nitrogen and oxygen atoms in total. The number of carbonyl (C=O) groups is 1. The second-order valence-corrected chi connectivity index (χ2v) is 7.13. The molecule has 1 rings (SSSR count). The summed E-state index contributed by atoms with van der Waals surface area (Å²) in [6.45, 7) is 5.74. The van der Waals surface area contributed by atoms with Crippen LogP contribution in [0, 0.1) is 11.7 Å². The predicted octanol–water partition coefficient (Wildman–Crippen LogP) is 2.63. The Balaban J connectivity index is 2.97. The van der Waals surface area contributed by atoms with Crippen LogP contribution in [0.25, 0.3) is 0 Å². The normalized spacial score (nSPS) is 13.4. The molecule has 1 unspecified atom stereocenters. The highest BCUT2D eigenvalue weighted by Crippen LogP contribution is 2.18. The number of carboxylic acids is 1. The third kappa shape index (κ3) is 5.09. The zero-order chi connectivity index (χ0) is 16.2. The van der Waals surface area contributed by atoms with Gasteiger partial charge in [-0.15, -0.1) is 0 Å². The number of aromatic carboxylic acids is 1. The van der Waals surface area contributed by atoms with Gasteiger partial charge < -0.3 is 5.11 Å². The number of hydrogen-bond donors (Lipinski definition) is 2. The highest BCUT2D eigenvalue weighted by atomic mass is 32.2. The predicted molar refractivity (Wildman–Crippen MR) is 77.2 cm³/mol. The van der Waals surface area contributed by atoms with Crippen LogP contribution in [0.15, 0.2) is 23.1 Å². The minimum atomic E-state index is -4.08. The van der Waals surface area contributed by atoms with Gasteiger partial charge in [0.2, 0.25) is 10.0 Å². The molecule has 0 aliphatic heterocycles. The van der Waals surface area contributed by atoms with Crippen molar-refractivity contribution in [2.45, 2.75) is 44.6 Å². The summed E-state index contributed by atoms with van der Waals surface area (Å²) in [7, 11) is -4.08. The number of hydrogen-bond acceptors (Lipinski definition) is 3. The van der Waals surface area contributed by atoms with Crippen molar-refractivity contribution >= 4 is 16.0 Å². The molecule has 1 atom stereocenters. The molecule has 7 heteroatoms.